The second-order valence-electron chi connectivity index (χ2n) is 7.67. The number of carbonyl (C=O) groups is 1. The van der Waals surface area contributed by atoms with Gasteiger partial charge in [0.15, 0.2) is 0 Å². The molecule has 2 aliphatic rings. The number of carbonyl (C=O) groups excluding carboxylic acids is 1. The van der Waals surface area contributed by atoms with Crippen molar-refractivity contribution in [2.45, 2.75) is 39.5 Å². The molecule has 0 aromatic heterocycles. The SMILES string of the molecule is Cc1cc(CCNC(=O)N2CC[C@@H](CN3CCCC3)C2)cc(C)c1O. The Morgan fingerprint density at radius 3 is 2.56 bits per heavy atom. The van der Waals surface area contributed by atoms with E-state index in [0.717, 1.165) is 49.2 Å². The minimum absolute atomic E-state index is 0.0659. The summed E-state index contributed by atoms with van der Waals surface area (Å²) in [5.41, 5.74) is 2.94. The third kappa shape index (κ3) is 4.66. The Morgan fingerprint density at radius 1 is 1.20 bits per heavy atom. The van der Waals surface area contributed by atoms with Gasteiger partial charge < -0.3 is 20.2 Å². The molecule has 2 fully saturated rings. The Balaban J connectivity index is 1.41. The van der Waals surface area contributed by atoms with Gasteiger partial charge in [0.1, 0.15) is 5.75 Å². The third-order valence-corrected chi connectivity index (χ3v) is 5.53. The van der Waals surface area contributed by atoms with Crippen molar-refractivity contribution in [1.29, 1.82) is 0 Å². The van der Waals surface area contributed by atoms with Gasteiger partial charge in [-0.1, -0.05) is 12.1 Å². The first-order chi connectivity index (χ1) is 12.0. The summed E-state index contributed by atoms with van der Waals surface area (Å²) in [6.07, 6.45) is 4.57. The van der Waals surface area contributed by atoms with Crippen LogP contribution in [-0.2, 0) is 6.42 Å². The summed E-state index contributed by atoms with van der Waals surface area (Å²) in [5.74, 6) is 1.00. The molecule has 138 valence electrons. The molecule has 1 atom stereocenters. The van der Waals surface area contributed by atoms with Crippen LogP contribution < -0.4 is 5.32 Å². The fraction of sp³-hybridized carbons (Fsp3) is 0.650. The quantitative estimate of drug-likeness (QED) is 0.863. The predicted molar refractivity (Wildman–Crippen MR) is 100 cm³/mol. The number of aryl methyl sites for hydroxylation is 2. The number of nitrogens with one attached hydrogen (secondary N) is 1. The molecule has 1 aromatic rings. The number of rotatable bonds is 5. The van der Waals surface area contributed by atoms with Crippen molar-refractivity contribution in [2.24, 2.45) is 5.92 Å². The third-order valence-electron chi connectivity index (χ3n) is 5.53. The summed E-state index contributed by atoms with van der Waals surface area (Å²) in [6.45, 7) is 9.83. The lowest BCUT2D eigenvalue weighted by Crippen LogP contribution is -2.40. The second kappa shape index (κ2) is 8.09. The van der Waals surface area contributed by atoms with Crippen LogP contribution >= 0.6 is 0 Å². The molecule has 0 saturated carbocycles. The standard InChI is InChI=1S/C20H31N3O2/c1-15-11-17(12-16(2)19(15)24)5-7-21-20(25)23-10-6-18(14-23)13-22-8-3-4-9-22/h11-12,18,24H,3-10,13-14H2,1-2H3,(H,21,25)/t18-/m0/s1. The first-order valence-electron chi connectivity index (χ1n) is 9.57. The van der Waals surface area contributed by atoms with E-state index >= 15 is 0 Å². The first kappa shape index (κ1) is 18.1. The lowest BCUT2D eigenvalue weighted by atomic mass is 10.0. The maximum absolute atomic E-state index is 12.4. The summed E-state index contributed by atoms with van der Waals surface area (Å²) in [7, 11) is 0. The summed E-state index contributed by atoms with van der Waals surface area (Å²) in [4.78, 5) is 16.9. The van der Waals surface area contributed by atoms with E-state index in [1.165, 1.54) is 25.9 Å². The van der Waals surface area contributed by atoms with E-state index in [4.69, 9.17) is 0 Å². The molecule has 3 rings (SSSR count). The minimum Gasteiger partial charge on any atom is -0.507 e. The number of hydrogen-bond donors (Lipinski definition) is 2. The average molecular weight is 345 g/mol. The highest BCUT2D eigenvalue weighted by Crippen LogP contribution is 2.23. The molecule has 0 unspecified atom stereocenters. The summed E-state index contributed by atoms with van der Waals surface area (Å²) in [5, 5.41) is 12.9. The normalized spacial score (nSPS) is 21.0. The molecule has 2 amide bonds. The van der Waals surface area contributed by atoms with Crippen molar-refractivity contribution in [3.05, 3.63) is 28.8 Å². The van der Waals surface area contributed by atoms with Gasteiger partial charge in [-0.2, -0.15) is 0 Å². The number of phenols is 1. The van der Waals surface area contributed by atoms with Gasteiger partial charge in [0.25, 0.3) is 0 Å². The van der Waals surface area contributed by atoms with Gasteiger partial charge in [0.2, 0.25) is 0 Å². The van der Waals surface area contributed by atoms with E-state index in [9.17, 15) is 9.90 Å². The molecular weight excluding hydrogens is 314 g/mol. The Morgan fingerprint density at radius 2 is 1.88 bits per heavy atom. The number of benzene rings is 1. The zero-order chi connectivity index (χ0) is 17.8. The molecule has 0 radical (unpaired) electrons. The predicted octanol–water partition coefficient (Wildman–Crippen LogP) is 2.68. The van der Waals surface area contributed by atoms with Crippen LogP contribution in [0.25, 0.3) is 0 Å². The maximum Gasteiger partial charge on any atom is 0.317 e. The summed E-state index contributed by atoms with van der Waals surface area (Å²) < 4.78 is 0. The number of phenolic OH excluding ortho intramolecular Hbond substituents is 1. The molecule has 0 aliphatic carbocycles. The van der Waals surface area contributed by atoms with Crippen LogP contribution in [0, 0.1) is 19.8 Å². The van der Waals surface area contributed by atoms with E-state index in [1.54, 1.807) is 0 Å². The van der Waals surface area contributed by atoms with Crippen molar-refractivity contribution in [3.63, 3.8) is 0 Å². The monoisotopic (exact) mass is 345 g/mol. The van der Waals surface area contributed by atoms with Crippen molar-refractivity contribution in [2.75, 3.05) is 39.3 Å². The largest absolute Gasteiger partial charge is 0.507 e. The highest BCUT2D eigenvalue weighted by Gasteiger charge is 2.28. The van der Waals surface area contributed by atoms with Crippen LogP contribution in [0.2, 0.25) is 0 Å². The molecule has 25 heavy (non-hydrogen) atoms. The van der Waals surface area contributed by atoms with Gasteiger partial charge >= 0.3 is 6.03 Å². The van der Waals surface area contributed by atoms with Crippen molar-refractivity contribution in [3.8, 4) is 5.75 Å². The molecule has 5 nitrogen and oxygen atoms in total. The van der Waals surface area contributed by atoms with Crippen LogP contribution in [0.3, 0.4) is 0 Å². The molecular formula is C20H31N3O2. The van der Waals surface area contributed by atoms with Crippen LogP contribution in [0.5, 0.6) is 5.75 Å². The van der Waals surface area contributed by atoms with Crippen LogP contribution in [-0.4, -0.2) is 60.2 Å². The van der Waals surface area contributed by atoms with Gasteiger partial charge in [-0.25, -0.2) is 4.79 Å². The number of amides is 2. The fourth-order valence-corrected chi connectivity index (χ4v) is 4.11. The Kier molecular flexibility index (Phi) is 5.84. The van der Waals surface area contributed by atoms with E-state index < -0.39 is 0 Å². The number of urea groups is 1. The molecule has 2 aliphatic heterocycles. The highest BCUT2D eigenvalue weighted by atomic mass is 16.3. The Labute approximate surface area is 151 Å². The number of hydrogen-bond acceptors (Lipinski definition) is 3. The topological polar surface area (TPSA) is 55.8 Å². The maximum atomic E-state index is 12.4. The van der Waals surface area contributed by atoms with Crippen LogP contribution in [0.15, 0.2) is 12.1 Å². The van der Waals surface area contributed by atoms with Gasteiger partial charge in [0.05, 0.1) is 0 Å². The molecule has 0 bridgehead atoms. The number of likely N-dealkylation sites (tertiary alicyclic amines) is 2. The van der Waals surface area contributed by atoms with E-state index in [2.05, 4.69) is 10.2 Å². The smallest absolute Gasteiger partial charge is 0.317 e. The van der Waals surface area contributed by atoms with Crippen molar-refractivity contribution >= 4 is 6.03 Å². The van der Waals surface area contributed by atoms with Gasteiger partial charge in [-0.05, 0) is 75.2 Å². The van der Waals surface area contributed by atoms with Crippen molar-refractivity contribution in [1.82, 2.24) is 15.1 Å². The van der Waals surface area contributed by atoms with Crippen molar-refractivity contribution < 1.29 is 9.90 Å². The highest BCUT2D eigenvalue weighted by molar-refractivity contribution is 5.74. The molecule has 2 heterocycles. The molecule has 2 saturated heterocycles. The molecule has 1 aromatic carbocycles. The Hall–Kier alpha value is -1.75. The van der Waals surface area contributed by atoms with E-state index in [-0.39, 0.29) is 6.03 Å². The lowest BCUT2D eigenvalue weighted by Gasteiger charge is -2.21. The van der Waals surface area contributed by atoms with Gasteiger partial charge in [-0.15, -0.1) is 0 Å². The molecule has 5 heteroatoms. The van der Waals surface area contributed by atoms with Gasteiger partial charge in [-0.3, -0.25) is 0 Å². The van der Waals surface area contributed by atoms with Crippen LogP contribution in [0.1, 0.15) is 36.0 Å². The minimum atomic E-state index is 0.0659. The molecule has 0 spiro atoms. The summed E-state index contributed by atoms with van der Waals surface area (Å²) >= 11 is 0. The van der Waals surface area contributed by atoms with Crippen LogP contribution in [0.4, 0.5) is 4.79 Å². The molecule has 2 N–H and O–H groups in total. The lowest BCUT2D eigenvalue weighted by molar-refractivity contribution is 0.204. The van der Waals surface area contributed by atoms with Gasteiger partial charge in [0, 0.05) is 26.2 Å². The first-order valence-corrected chi connectivity index (χ1v) is 9.57. The van der Waals surface area contributed by atoms with E-state index in [0.29, 0.717) is 18.2 Å². The zero-order valence-electron chi connectivity index (χ0n) is 15.6. The fourth-order valence-electron chi connectivity index (χ4n) is 4.11. The number of nitrogens with zero attached hydrogens (tertiary/aromatic N) is 2. The average Bonchev–Trinajstić information content (AvgIpc) is 3.25. The van der Waals surface area contributed by atoms with E-state index in [1.807, 2.05) is 30.9 Å². The number of aromatic hydroxyl groups is 1. The Bertz CT molecular complexity index is 588. The second-order valence-corrected chi connectivity index (χ2v) is 7.67. The zero-order valence-corrected chi connectivity index (χ0v) is 15.6. The summed E-state index contributed by atoms with van der Waals surface area (Å²) in [6, 6.07) is 4.06.